The molecule has 2 N–H and O–H groups in total. The number of ether oxygens (including phenoxy) is 1. The number of nitrogens with one attached hydrogen (secondary N) is 1. The van der Waals surface area contributed by atoms with E-state index >= 15 is 0 Å². The van der Waals surface area contributed by atoms with E-state index < -0.39 is 12.0 Å². The SMILES string of the molecule is CCCOC1CCCN(C(=O)NC(C(=O)O)C2CC2)C1. The maximum absolute atomic E-state index is 12.2. The Kier molecular flexibility index (Phi) is 5.23. The molecule has 0 bridgehead atoms. The van der Waals surface area contributed by atoms with Crippen LogP contribution in [0.1, 0.15) is 39.0 Å². The maximum Gasteiger partial charge on any atom is 0.326 e. The first-order valence-corrected chi connectivity index (χ1v) is 7.51. The second-order valence-corrected chi connectivity index (χ2v) is 5.68. The molecular weight excluding hydrogens is 260 g/mol. The van der Waals surface area contributed by atoms with Crippen LogP contribution in [0.2, 0.25) is 0 Å². The molecule has 2 amide bonds. The van der Waals surface area contributed by atoms with Gasteiger partial charge in [-0.25, -0.2) is 9.59 Å². The van der Waals surface area contributed by atoms with Crippen molar-refractivity contribution < 1.29 is 19.4 Å². The third-order valence-electron chi connectivity index (χ3n) is 3.86. The number of nitrogens with zero attached hydrogens (tertiary/aromatic N) is 1. The van der Waals surface area contributed by atoms with Crippen LogP contribution < -0.4 is 5.32 Å². The Morgan fingerprint density at radius 1 is 1.40 bits per heavy atom. The fourth-order valence-corrected chi connectivity index (χ4v) is 2.58. The molecule has 2 unspecified atom stereocenters. The van der Waals surface area contributed by atoms with Crippen molar-refractivity contribution in [2.24, 2.45) is 5.92 Å². The number of carboxylic acids is 1. The molecule has 1 saturated carbocycles. The zero-order chi connectivity index (χ0) is 14.5. The molecule has 0 spiro atoms. The normalized spacial score (nSPS) is 24.2. The summed E-state index contributed by atoms with van der Waals surface area (Å²) in [6.07, 6.45) is 4.70. The highest BCUT2D eigenvalue weighted by molar-refractivity contribution is 5.83. The summed E-state index contributed by atoms with van der Waals surface area (Å²) in [4.78, 5) is 25.0. The van der Waals surface area contributed by atoms with Gasteiger partial charge in [-0.05, 0) is 38.0 Å². The van der Waals surface area contributed by atoms with E-state index in [0.29, 0.717) is 19.7 Å². The highest BCUT2D eigenvalue weighted by Crippen LogP contribution is 2.32. The lowest BCUT2D eigenvalue weighted by Crippen LogP contribution is -2.52. The molecule has 2 rings (SSSR count). The van der Waals surface area contributed by atoms with Gasteiger partial charge < -0.3 is 20.1 Å². The zero-order valence-electron chi connectivity index (χ0n) is 12.0. The van der Waals surface area contributed by atoms with Gasteiger partial charge in [-0.3, -0.25) is 0 Å². The van der Waals surface area contributed by atoms with Crippen LogP contribution in [0.15, 0.2) is 0 Å². The molecule has 0 radical (unpaired) electrons. The van der Waals surface area contributed by atoms with Gasteiger partial charge in [0.15, 0.2) is 0 Å². The van der Waals surface area contributed by atoms with Gasteiger partial charge in [-0.2, -0.15) is 0 Å². The van der Waals surface area contributed by atoms with E-state index in [2.05, 4.69) is 12.2 Å². The van der Waals surface area contributed by atoms with Gasteiger partial charge in [-0.15, -0.1) is 0 Å². The molecular formula is C14H24N2O4. The first-order chi connectivity index (χ1) is 9.61. The number of carbonyl (C=O) groups excluding carboxylic acids is 1. The number of urea groups is 1. The maximum atomic E-state index is 12.2. The second-order valence-electron chi connectivity index (χ2n) is 5.68. The van der Waals surface area contributed by atoms with E-state index in [1.165, 1.54) is 0 Å². The third-order valence-corrected chi connectivity index (χ3v) is 3.86. The summed E-state index contributed by atoms with van der Waals surface area (Å²) in [6.45, 7) is 4.00. The molecule has 1 aliphatic heterocycles. The second kappa shape index (κ2) is 6.92. The zero-order valence-corrected chi connectivity index (χ0v) is 12.0. The smallest absolute Gasteiger partial charge is 0.326 e. The Morgan fingerprint density at radius 3 is 2.75 bits per heavy atom. The number of aliphatic carboxylic acids is 1. The predicted molar refractivity (Wildman–Crippen MR) is 73.5 cm³/mol. The molecule has 1 saturated heterocycles. The van der Waals surface area contributed by atoms with Gasteiger partial charge in [0.1, 0.15) is 6.04 Å². The molecule has 0 aromatic heterocycles. The Bertz CT molecular complexity index is 357. The number of hydrogen-bond donors (Lipinski definition) is 2. The molecule has 20 heavy (non-hydrogen) atoms. The van der Waals surface area contributed by atoms with E-state index in [4.69, 9.17) is 9.84 Å². The summed E-state index contributed by atoms with van der Waals surface area (Å²) in [6, 6.07) is -1.01. The van der Waals surface area contributed by atoms with Gasteiger partial charge in [0.05, 0.1) is 6.10 Å². The summed E-state index contributed by atoms with van der Waals surface area (Å²) in [7, 11) is 0. The molecule has 2 aliphatic rings. The van der Waals surface area contributed by atoms with Crippen LogP contribution in [-0.4, -0.2) is 53.8 Å². The van der Waals surface area contributed by atoms with Crippen molar-refractivity contribution >= 4 is 12.0 Å². The lowest BCUT2D eigenvalue weighted by molar-refractivity contribution is -0.139. The molecule has 6 nitrogen and oxygen atoms in total. The van der Waals surface area contributed by atoms with Crippen LogP contribution >= 0.6 is 0 Å². The van der Waals surface area contributed by atoms with Crippen molar-refractivity contribution in [2.45, 2.75) is 51.2 Å². The predicted octanol–water partition coefficient (Wildman–Crippen LogP) is 1.45. The van der Waals surface area contributed by atoms with Crippen LogP contribution in [0, 0.1) is 5.92 Å². The van der Waals surface area contributed by atoms with Crippen molar-refractivity contribution in [3.63, 3.8) is 0 Å². The number of amides is 2. The fraction of sp³-hybridized carbons (Fsp3) is 0.857. The van der Waals surface area contributed by atoms with E-state index in [0.717, 1.165) is 32.1 Å². The first kappa shape index (κ1) is 15.1. The molecule has 114 valence electrons. The standard InChI is InChI=1S/C14H24N2O4/c1-2-8-20-11-4-3-7-16(9-11)14(19)15-12(13(17)18)10-5-6-10/h10-12H,2-9H2,1H3,(H,15,19)(H,17,18). The number of hydrogen-bond acceptors (Lipinski definition) is 3. The molecule has 2 fully saturated rings. The van der Waals surface area contributed by atoms with Crippen molar-refractivity contribution in [1.29, 1.82) is 0 Å². The Labute approximate surface area is 119 Å². The average Bonchev–Trinajstić information content (AvgIpc) is 3.26. The minimum absolute atomic E-state index is 0.0821. The fourth-order valence-electron chi connectivity index (χ4n) is 2.58. The van der Waals surface area contributed by atoms with Crippen LogP contribution in [0.25, 0.3) is 0 Å². The summed E-state index contributed by atoms with van der Waals surface area (Å²) in [5, 5.41) is 11.8. The minimum Gasteiger partial charge on any atom is -0.480 e. The summed E-state index contributed by atoms with van der Waals surface area (Å²) >= 11 is 0. The van der Waals surface area contributed by atoms with Crippen LogP contribution in [-0.2, 0) is 9.53 Å². The van der Waals surface area contributed by atoms with Gasteiger partial charge in [0.25, 0.3) is 0 Å². The van der Waals surface area contributed by atoms with Crippen LogP contribution in [0.4, 0.5) is 4.79 Å². The molecule has 0 aromatic carbocycles. The van der Waals surface area contributed by atoms with Crippen LogP contribution in [0.3, 0.4) is 0 Å². The summed E-state index contributed by atoms with van der Waals surface area (Å²) in [5.41, 5.74) is 0. The molecule has 0 aromatic rings. The van der Waals surface area contributed by atoms with E-state index in [1.807, 2.05) is 0 Å². The minimum atomic E-state index is -0.934. The third kappa shape index (κ3) is 4.10. The lowest BCUT2D eigenvalue weighted by atomic mass is 10.1. The Balaban J connectivity index is 1.83. The highest BCUT2D eigenvalue weighted by Gasteiger charge is 2.38. The van der Waals surface area contributed by atoms with Crippen molar-refractivity contribution in [1.82, 2.24) is 10.2 Å². The number of rotatable bonds is 6. The van der Waals surface area contributed by atoms with Gasteiger partial charge in [-0.1, -0.05) is 6.92 Å². The quantitative estimate of drug-likeness (QED) is 0.774. The van der Waals surface area contributed by atoms with Gasteiger partial charge in [0.2, 0.25) is 0 Å². The molecule has 2 atom stereocenters. The van der Waals surface area contributed by atoms with Crippen molar-refractivity contribution in [2.75, 3.05) is 19.7 Å². The topological polar surface area (TPSA) is 78.9 Å². The monoisotopic (exact) mass is 284 g/mol. The average molecular weight is 284 g/mol. The van der Waals surface area contributed by atoms with Crippen molar-refractivity contribution in [3.8, 4) is 0 Å². The lowest BCUT2D eigenvalue weighted by Gasteiger charge is -2.33. The van der Waals surface area contributed by atoms with E-state index in [-0.39, 0.29) is 18.1 Å². The van der Waals surface area contributed by atoms with Gasteiger partial charge >= 0.3 is 12.0 Å². The van der Waals surface area contributed by atoms with E-state index in [1.54, 1.807) is 4.90 Å². The van der Waals surface area contributed by atoms with Crippen LogP contribution in [0.5, 0.6) is 0 Å². The Hall–Kier alpha value is -1.30. The highest BCUT2D eigenvalue weighted by atomic mass is 16.5. The van der Waals surface area contributed by atoms with Crippen molar-refractivity contribution in [3.05, 3.63) is 0 Å². The largest absolute Gasteiger partial charge is 0.480 e. The molecule has 1 aliphatic carbocycles. The number of piperidine rings is 1. The molecule has 1 heterocycles. The first-order valence-electron chi connectivity index (χ1n) is 7.51. The number of carbonyl (C=O) groups is 2. The van der Waals surface area contributed by atoms with E-state index in [9.17, 15) is 9.59 Å². The Morgan fingerprint density at radius 2 is 2.15 bits per heavy atom. The summed E-state index contributed by atoms with van der Waals surface area (Å²) < 4.78 is 5.69. The summed E-state index contributed by atoms with van der Waals surface area (Å²) in [5.74, 6) is -0.829. The number of likely N-dealkylation sites (tertiary alicyclic amines) is 1. The number of carboxylic acid groups (broad SMARTS) is 1. The molecule has 6 heteroatoms. The van der Waals surface area contributed by atoms with Gasteiger partial charge in [0, 0.05) is 19.7 Å².